The van der Waals surface area contributed by atoms with E-state index in [0.29, 0.717) is 37.5 Å². The average Bonchev–Trinajstić information content (AvgIpc) is 3.10. The van der Waals surface area contributed by atoms with Gasteiger partial charge in [0, 0.05) is 43.9 Å². The van der Waals surface area contributed by atoms with Crippen LogP contribution in [0.25, 0.3) is 5.78 Å². The molecule has 1 atom stereocenters. The molecule has 27 heavy (non-hydrogen) atoms. The molecule has 0 spiro atoms. The lowest BCUT2D eigenvalue weighted by Gasteiger charge is -2.31. The molecule has 1 unspecified atom stereocenters. The summed E-state index contributed by atoms with van der Waals surface area (Å²) in [6, 6.07) is 0. The lowest BCUT2D eigenvalue weighted by Crippen LogP contribution is -2.40. The summed E-state index contributed by atoms with van der Waals surface area (Å²) < 4.78 is 1.69. The predicted octanol–water partition coefficient (Wildman–Crippen LogP) is 1.44. The molecule has 1 aliphatic heterocycles. The number of hydrogen-bond donors (Lipinski definition) is 1. The molecule has 1 aliphatic rings. The average molecular weight is 372 g/mol. The highest BCUT2D eigenvalue weighted by molar-refractivity contribution is 5.79. The number of hydrogen-bond acceptors (Lipinski definition) is 5. The molecular weight excluding hydrogens is 344 g/mol. The van der Waals surface area contributed by atoms with Crippen LogP contribution in [0.3, 0.4) is 0 Å². The van der Waals surface area contributed by atoms with Gasteiger partial charge in [0.1, 0.15) is 6.33 Å². The number of carbonyl (C=O) groups is 2. The number of nitrogens with zero attached hydrogens (tertiary/aromatic N) is 5. The van der Waals surface area contributed by atoms with Crippen molar-refractivity contribution < 1.29 is 9.59 Å². The van der Waals surface area contributed by atoms with E-state index >= 15 is 0 Å². The lowest BCUT2D eigenvalue weighted by atomic mass is 10.00. The third-order valence-electron chi connectivity index (χ3n) is 5.26. The molecule has 8 nitrogen and oxygen atoms in total. The second-order valence-electron chi connectivity index (χ2n) is 7.42. The minimum Gasteiger partial charge on any atom is -0.356 e. The Labute approximate surface area is 159 Å². The van der Waals surface area contributed by atoms with Crippen LogP contribution in [0.1, 0.15) is 49.6 Å². The van der Waals surface area contributed by atoms with Gasteiger partial charge in [-0.1, -0.05) is 6.92 Å². The maximum Gasteiger partial charge on any atom is 0.252 e. The van der Waals surface area contributed by atoms with E-state index in [-0.39, 0.29) is 11.8 Å². The molecule has 0 radical (unpaired) electrons. The molecule has 3 heterocycles. The Hall–Kier alpha value is -2.51. The summed E-state index contributed by atoms with van der Waals surface area (Å²) in [6.45, 7) is 8.13. The number of piperidine rings is 1. The van der Waals surface area contributed by atoms with Crippen molar-refractivity contribution in [2.75, 3.05) is 19.6 Å². The van der Waals surface area contributed by atoms with Crippen molar-refractivity contribution in [2.24, 2.45) is 5.92 Å². The van der Waals surface area contributed by atoms with Gasteiger partial charge in [0.05, 0.1) is 0 Å². The number of carbonyl (C=O) groups excluding carboxylic acids is 2. The third kappa shape index (κ3) is 4.61. The van der Waals surface area contributed by atoms with E-state index in [1.54, 1.807) is 4.52 Å². The summed E-state index contributed by atoms with van der Waals surface area (Å²) in [4.78, 5) is 34.9. The van der Waals surface area contributed by atoms with Gasteiger partial charge in [-0.15, -0.1) is 0 Å². The fourth-order valence-electron chi connectivity index (χ4n) is 3.73. The second-order valence-corrected chi connectivity index (χ2v) is 7.42. The molecular formula is C19H28N6O2. The van der Waals surface area contributed by atoms with Gasteiger partial charge in [-0.3, -0.25) is 9.59 Å². The van der Waals surface area contributed by atoms with Crippen molar-refractivity contribution in [3.63, 3.8) is 0 Å². The van der Waals surface area contributed by atoms with Crippen LogP contribution in [0, 0.1) is 19.8 Å². The normalized spacial score (nSPS) is 17.3. The molecule has 0 saturated carbocycles. The van der Waals surface area contributed by atoms with Crippen molar-refractivity contribution in [2.45, 2.75) is 52.9 Å². The molecule has 2 aromatic rings. The smallest absolute Gasteiger partial charge is 0.252 e. The van der Waals surface area contributed by atoms with E-state index in [2.05, 4.69) is 27.3 Å². The van der Waals surface area contributed by atoms with Gasteiger partial charge in [-0.2, -0.15) is 10.1 Å². The zero-order valence-electron chi connectivity index (χ0n) is 16.4. The molecule has 0 bridgehead atoms. The van der Waals surface area contributed by atoms with E-state index in [1.807, 2.05) is 18.7 Å². The quantitative estimate of drug-likeness (QED) is 0.828. The highest BCUT2D eigenvalue weighted by Gasteiger charge is 2.20. The predicted molar refractivity (Wildman–Crippen MR) is 101 cm³/mol. The first-order valence-electron chi connectivity index (χ1n) is 9.66. The molecule has 2 amide bonds. The Bertz CT molecular complexity index is 831. The van der Waals surface area contributed by atoms with E-state index < -0.39 is 0 Å². The number of aryl methyl sites for hydroxylation is 2. The minimum atomic E-state index is -0.0488. The molecule has 1 fully saturated rings. The van der Waals surface area contributed by atoms with E-state index in [1.165, 1.54) is 12.7 Å². The number of nitrogens with one attached hydrogen (secondary N) is 1. The topological polar surface area (TPSA) is 92.5 Å². The van der Waals surface area contributed by atoms with Crippen LogP contribution >= 0.6 is 0 Å². The highest BCUT2D eigenvalue weighted by atomic mass is 16.2. The summed E-state index contributed by atoms with van der Waals surface area (Å²) in [6.07, 6.45) is 5.05. The molecule has 1 N–H and O–H groups in total. The summed E-state index contributed by atoms with van der Waals surface area (Å²) >= 11 is 0. The zero-order chi connectivity index (χ0) is 19.4. The first kappa shape index (κ1) is 19.3. The molecule has 146 valence electrons. The van der Waals surface area contributed by atoms with E-state index in [4.69, 9.17) is 0 Å². The summed E-state index contributed by atoms with van der Waals surface area (Å²) in [5.74, 6) is 1.23. The van der Waals surface area contributed by atoms with Crippen molar-refractivity contribution in [1.29, 1.82) is 0 Å². The van der Waals surface area contributed by atoms with Gasteiger partial charge in [-0.05, 0) is 44.6 Å². The highest BCUT2D eigenvalue weighted by Crippen LogP contribution is 2.16. The SMILES string of the molecule is Cc1nc2ncnn2c(C)c1CCC(=O)NCCC(=O)N1CCCC(C)C1. The number of fused-ring (bicyclic) bond motifs is 1. The Morgan fingerprint density at radius 3 is 2.89 bits per heavy atom. The van der Waals surface area contributed by atoms with Crippen LogP contribution < -0.4 is 5.32 Å². The Balaban J connectivity index is 1.45. The Morgan fingerprint density at radius 1 is 1.30 bits per heavy atom. The molecule has 0 aliphatic carbocycles. The van der Waals surface area contributed by atoms with Gasteiger partial charge < -0.3 is 10.2 Å². The van der Waals surface area contributed by atoms with Crippen molar-refractivity contribution in [1.82, 2.24) is 29.8 Å². The number of amides is 2. The van der Waals surface area contributed by atoms with Gasteiger partial charge >= 0.3 is 0 Å². The first-order valence-corrected chi connectivity index (χ1v) is 9.66. The van der Waals surface area contributed by atoms with Gasteiger partial charge in [0.2, 0.25) is 11.8 Å². The Kier molecular flexibility index (Phi) is 6.03. The summed E-state index contributed by atoms with van der Waals surface area (Å²) in [7, 11) is 0. The molecule has 8 heteroatoms. The van der Waals surface area contributed by atoms with Crippen LogP contribution in [0.15, 0.2) is 6.33 Å². The monoisotopic (exact) mass is 372 g/mol. The van der Waals surface area contributed by atoms with Crippen molar-refractivity contribution >= 4 is 17.6 Å². The zero-order valence-corrected chi connectivity index (χ0v) is 16.4. The first-order chi connectivity index (χ1) is 13.0. The molecule has 0 aromatic carbocycles. The standard InChI is InChI=1S/C19H28N6O2/c1-13-5-4-10-24(11-13)18(27)8-9-20-17(26)7-6-16-14(2)23-19-21-12-22-25(19)15(16)3/h12-13H,4-11H2,1-3H3,(H,20,26). The van der Waals surface area contributed by atoms with Gasteiger partial charge in [-0.25, -0.2) is 9.50 Å². The maximum absolute atomic E-state index is 12.2. The second kappa shape index (κ2) is 8.45. The summed E-state index contributed by atoms with van der Waals surface area (Å²) in [5.41, 5.74) is 2.84. The van der Waals surface area contributed by atoms with Gasteiger partial charge in [0.25, 0.3) is 5.78 Å². The van der Waals surface area contributed by atoms with Crippen LogP contribution in [-0.4, -0.2) is 55.9 Å². The summed E-state index contributed by atoms with van der Waals surface area (Å²) in [5, 5.41) is 7.03. The van der Waals surface area contributed by atoms with Crippen LogP contribution in [0.5, 0.6) is 0 Å². The number of likely N-dealkylation sites (tertiary alicyclic amines) is 1. The molecule has 3 rings (SSSR count). The lowest BCUT2D eigenvalue weighted by molar-refractivity contribution is -0.132. The number of aromatic nitrogens is 4. The maximum atomic E-state index is 12.2. The van der Waals surface area contributed by atoms with E-state index in [0.717, 1.165) is 36.5 Å². The van der Waals surface area contributed by atoms with Crippen molar-refractivity contribution in [3.05, 3.63) is 23.3 Å². The fraction of sp³-hybridized carbons (Fsp3) is 0.632. The third-order valence-corrected chi connectivity index (χ3v) is 5.26. The Morgan fingerprint density at radius 2 is 2.11 bits per heavy atom. The fourth-order valence-corrected chi connectivity index (χ4v) is 3.73. The van der Waals surface area contributed by atoms with Gasteiger partial charge in [0.15, 0.2) is 0 Å². The van der Waals surface area contributed by atoms with Crippen LogP contribution in [0.4, 0.5) is 0 Å². The number of rotatable bonds is 6. The molecule has 2 aromatic heterocycles. The van der Waals surface area contributed by atoms with Crippen LogP contribution in [0.2, 0.25) is 0 Å². The molecule has 1 saturated heterocycles. The minimum absolute atomic E-state index is 0.0488. The van der Waals surface area contributed by atoms with Crippen molar-refractivity contribution in [3.8, 4) is 0 Å². The van der Waals surface area contributed by atoms with E-state index in [9.17, 15) is 9.59 Å². The largest absolute Gasteiger partial charge is 0.356 e. The van der Waals surface area contributed by atoms with Crippen LogP contribution in [-0.2, 0) is 16.0 Å².